The molecule has 138 valence electrons. The molecule has 5 nitrogen and oxygen atoms in total. The number of fused-ring (bicyclic) bond motifs is 2. The number of nitrogens with zero attached hydrogens (tertiary/aromatic N) is 4. The zero-order chi connectivity index (χ0) is 18.1. The van der Waals surface area contributed by atoms with Gasteiger partial charge in [0.25, 0.3) is 5.91 Å². The lowest BCUT2D eigenvalue weighted by Gasteiger charge is -2.28. The van der Waals surface area contributed by atoms with Crippen LogP contribution in [0, 0.1) is 5.92 Å². The Labute approximate surface area is 155 Å². The van der Waals surface area contributed by atoms with Gasteiger partial charge in [0.15, 0.2) is 5.69 Å². The van der Waals surface area contributed by atoms with Gasteiger partial charge in [-0.15, -0.1) is 0 Å². The van der Waals surface area contributed by atoms with Crippen molar-refractivity contribution >= 4 is 5.91 Å². The SMILES string of the molecule is CC(C)CCN1CCn2nc(C(=O)N3CCc4ccccc4C3)cc2C1. The van der Waals surface area contributed by atoms with Gasteiger partial charge in [0, 0.05) is 26.2 Å². The van der Waals surface area contributed by atoms with Gasteiger partial charge in [0.1, 0.15) is 0 Å². The van der Waals surface area contributed by atoms with Gasteiger partial charge in [0.05, 0.1) is 12.2 Å². The lowest BCUT2D eigenvalue weighted by atomic mass is 10.00. The Morgan fingerprint density at radius 2 is 1.92 bits per heavy atom. The third kappa shape index (κ3) is 3.54. The van der Waals surface area contributed by atoms with E-state index in [0.29, 0.717) is 12.2 Å². The number of carbonyl (C=O) groups is 1. The van der Waals surface area contributed by atoms with Crippen LogP contribution >= 0.6 is 0 Å². The normalized spacial score (nSPS) is 17.3. The average molecular weight is 352 g/mol. The number of aromatic nitrogens is 2. The van der Waals surface area contributed by atoms with Gasteiger partial charge in [-0.05, 0) is 42.5 Å². The van der Waals surface area contributed by atoms with E-state index in [1.807, 2.05) is 21.7 Å². The monoisotopic (exact) mass is 352 g/mol. The molecule has 2 aliphatic rings. The summed E-state index contributed by atoms with van der Waals surface area (Å²) in [5.74, 6) is 0.788. The smallest absolute Gasteiger partial charge is 0.274 e. The van der Waals surface area contributed by atoms with Crippen molar-refractivity contribution in [1.29, 1.82) is 0 Å². The second-order valence-corrected chi connectivity index (χ2v) is 7.95. The molecule has 26 heavy (non-hydrogen) atoms. The van der Waals surface area contributed by atoms with Crippen LogP contribution < -0.4 is 0 Å². The highest BCUT2D eigenvalue weighted by atomic mass is 16.2. The van der Waals surface area contributed by atoms with Crippen LogP contribution in [-0.4, -0.2) is 45.1 Å². The molecule has 0 saturated heterocycles. The molecule has 0 spiro atoms. The Balaban J connectivity index is 1.44. The first-order valence-corrected chi connectivity index (χ1v) is 9.75. The van der Waals surface area contributed by atoms with Crippen LogP contribution in [0.5, 0.6) is 0 Å². The minimum absolute atomic E-state index is 0.0649. The largest absolute Gasteiger partial charge is 0.333 e. The van der Waals surface area contributed by atoms with Crippen LogP contribution in [-0.2, 0) is 26.1 Å². The molecule has 0 aliphatic carbocycles. The Hall–Kier alpha value is -2.14. The molecule has 0 radical (unpaired) electrons. The first-order valence-electron chi connectivity index (χ1n) is 9.75. The van der Waals surface area contributed by atoms with Gasteiger partial charge in [-0.1, -0.05) is 38.1 Å². The molecule has 2 aromatic rings. The highest BCUT2D eigenvalue weighted by molar-refractivity contribution is 5.92. The van der Waals surface area contributed by atoms with Crippen molar-refractivity contribution in [2.24, 2.45) is 5.92 Å². The van der Waals surface area contributed by atoms with E-state index in [1.165, 1.54) is 23.2 Å². The number of hydrogen-bond acceptors (Lipinski definition) is 3. The molecule has 5 heteroatoms. The molecule has 3 heterocycles. The van der Waals surface area contributed by atoms with Gasteiger partial charge < -0.3 is 4.90 Å². The molecular weight excluding hydrogens is 324 g/mol. The van der Waals surface area contributed by atoms with E-state index in [4.69, 9.17) is 0 Å². The van der Waals surface area contributed by atoms with Gasteiger partial charge in [-0.2, -0.15) is 5.10 Å². The average Bonchev–Trinajstić information content (AvgIpc) is 3.08. The molecule has 1 amide bonds. The van der Waals surface area contributed by atoms with Crippen LogP contribution in [0.3, 0.4) is 0 Å². The molecule has 0 N–H and O–H groups in total. The molecule has 0 bridgehead atoms. The molecule has 0 fully saturated rings. The highest BCUT2D eigenvalue weighted by Gasteiger charge is 2.26. The Morgan fingerprint density at radius 3 is 2.73 bits per heavy atom. The van der Waals surface area contributed by atoms with Crippen LogP contribution in [0.1, 0.15) is 47.6 Å². The van der Waals surface area contributed by atoms with Crippen LogP contribution in [0.2, 0.25) is 0 Å². The fourth-order valence-electron chi connectivity index (χ4n) is 3.89. The van der Waals surface area contributed by atoms with Gasteiger partial charge >= 0.3 is 0 Å². The van der Waals surface area contributed by atoms with Crippen molar-refractivity contribution < 1.29 is 4.79 Å². The first kappa shape index (κ1) is 17.3. The lowest BCUT2D eigenvalue weighted by Crippen LogP contribution is -2.36. The van der Waals surface area contributed by atoms with Crippen LogP contribution in [0.25, 0.3) is 0 Å². The summed E-state index contributed by atoms with van der Waals surface area (Å²) < 4.78 is 2.02. The maximum absolute atomic E-state index is 13.0. The van der Waals surface area contributed by atoms with E-state index in [9.17, 15) is 4.79 Å². The van der Waals surface area contributed by atoms with E-state index in [0.717, 1.165) is 45.1 Å². The van der Waals surface area contributed by atoms with E-state index in [-0.39, 0.29) is 5.91 Å². The molecule has 0 unspecified atom stereocenters. The summed E-state index contributed by atoms with van der Waals surface area (Å²) in [5.41, 5.74) is 4.39. The number of amides is 1. The molecule has 2 aliphatic heterocycles. The summed E-state index contributed by atoms with van der Waals surface area (Å²) in [5, 5.41) is 4.61. The zero-order valence-corrected chi connectivity index (χ0v) is 15.8. The fraction of sp³-hybridized carbons (Fsp3) is 0.524. The summed E-state index contributed by atoms with van der Waals surface area (Å²) in [4.78, 5) is 17.4. The lowest BCUT2D eigenvalue weighted by molar-refractivity contribution is 0.0727. The van der Waals surface area contributed by atoms with Crippen molar-refractivity contribution in [1.82, 2.24) is 19.6 Å². The maximum atomic E-state index is 13.0. The number of hydrogen-bond donors (Lipinski definition) is 0. The predicted octanol–water partition coefficient (Wildman–Crippen LogP) is 2.94. The molecule has 1 aromatic carbocycles. The molecule has 4 rings (SSSR count). The van der Waals surface area contributed by atoms with Crippen LogP contribution in [0.15, 0.2) is 30.3 Å². The van der Waals surface area contributed by atoms with Crippen LogP contribution in [0.4, 0.5) is 0 Å². The Kier molecular flexibility index (Phi) is 4.81. The van der Waals surface area contributed by atoms with Gasteiger partial charge in [-0.3, -0.25) is 14.4 Å². The second kappa shape index (κ2) is 7.23. The van der Waals surface area contributed by atoms with Gasteiger partial charge in [-0.25, -0.2) is 0 Å². The number of benzene rings is 1. The Bertz CT molecular complexity index is 795. The second-order valence-electron chi connectivity index (χ2n) is 7.95. The van der Waals surface area contributed by atoms with Crippen molar-refractivity contribution in [3.8, 4) is 0 Å². The number of rotatable bonds is 4. The van der Waals surface area contributed by atoms with E-state index in [1.54, 1.807) is 0 Å². The van der Waals surface area contributed by atoms with E-state index < -0.39 is 0 Å². The summed E-state index contributed by atoms with van der Waals surface area (Å²) in [6, 6.07) is 10.4. The zero-order valence-electron chi connectivity index (χ0n) is 15.8. The summed E-state index contributed by atoms with van der Waals surface area (Å²) in [7, 11) is 0. The minimum atomic E-state index is 0.0649. The minimum Gasteiger partial charge on any atom is -0.333 e. The van der Waals surface area contributed by atoms with Crippen molar-refractivity contribution in [3.05, 3.63) is 52.8 Å². The third-order valence-corrected chi connectivity index (χ3v) is 5.54. The Morgan fingerprint density at radius 1 is 1.12 bits per heavy atom. The van der Waals surface area contributed by atoms with Crippen molar-refractivity contribution in [2.45, 2.75) is 46.3 Å². The highest BCUT2D eigenvalue weighted by Crippen LogP contribution is 2.21. The molecule has 0 atom stereocenters. The molecule has 1 aromatic heterocycles. The summed E-state index contributed by atoms with van der Waals surface area (Å²) in [6.45, 7) is 9.92. The quantitative estimate of drug-likeness (QED) is 0.849. The fourth-order valence-corrected chi connectivity index (χ4v) is 3.89. The predicted molar refractivity (Wildman–Crippen MR) is 102 cm³/mol. The molecular formula is C21H28N4O. The standard InChI is InChI=1S/C21H28N4O/c1-16(2)7-9-23-11-12-25-19(15-23)13-20(22-25)21(26)24-10-8-17-5-3-4-6-18(17)14-24/h3-6,13,16H,7-12,14-15H2,1-2H3. The molecule has 0 saturated carbocycles. The maximum Gasteiger partial charge on any atom is 0.274 e. The van der Waals surface area contributed by atoms with E-state index >= 15 is 0 Å². The van der Waals surface area contributed by atoms with Crippen molar-refractivity contribution in [3.63, 3.8) is 0 Å². The summed E-state index contributed by atoms with van der Waals surface area (Å²) >= 11 is 0. The number of carbonyl (C=O) groups excluding carboxylic acids is 1. The van der Waals surface area contributed by atoms with Crippen molar-refractivity contribution in [2.75, 3.05) is 19.6 Å². The topological polar surface area (TPSA) is 41.4 Å². The summed E-state index contributed by atoms with van der Waals surface area (Å²) in [6.07, 6.45) is 2.14. The first-order chi connectivity index (χ1) is 12.6. The third-order valence-electron chi connectivity index (χ3n) is 5.54. The van der Waals surface area contributed by atoms with Gasteiger partial charge in [0.2, 0.25) is 0 Å². The van der Waals surface area contributed by atoms with E-state index in [2.05, 4.69) is 42.0 Å².